The van der Waals surface area contributed by atoms with Crippen LogP contribution in [0.15, 0.2) is 48.7 Å². The minimum absolute atomic E-state index is 0.312. The molecule has 1 fully saturated rings. The maximum atomic E-state index is 14.0. The Labute approximate surface area is 163 Å². The van der Waals surface area contributed by atoms with E-state index in [4.69, 9.17) is 11.6 Å². The number of piperazine rings is 1. The summed E-state index contributed by atoms with van der Waals surface area (Å²) in [6.45, 7) is 4.74. The number of pyridine rings is 1. The molecule has 2 heterocycles. The highest BCUT2D eigenvalue weighted by atomic mass is 35.5. The third-order valence-electron chi connectivity index (χ3n) is 4.47. The van der Waals surface area contributed by atoms with Gasteiger partial charge in [0.2, 0.25) is 0 Å². The molecule has 1 aliphatic heterocycles. The predicted octanol–water partition coefficient (Wildman–Crippen LogP) is 4.03. The number of nitrogens with one attached hydrogen (secondary N) is 1. The zero-order chi connectivity index (χ0) is 19.2. The molecule has 0 unspecified atom stereocenters. The minimum Gasteiger partial charge on any atom is -0.314 e. The lowest BCUT2D eigenvalue weighted by molar-refractivity contribution is 0.112. The Hall–Kier alpha value is -2.34. The Morgan fingerprint density at radius 1 is 1.15 bits per heavy atom. The van der Waals surface area contributed by atoms with Crippen LogP contribution in [0.3, 0.4) is 0 Å². The highest BCUT2D eigenvalue weighted by Gasteiger charge is 2.08. The summed E-state index contributed by atoms with van der Waals surface area (Å²) < 4.78 is 14.0. The van der Waals surface area contributed by atoms with Crippen LogP contribution in [0.2, 0.25) is 5.02 Å². The molecule has 0 saturated carbocycles. The van der Waals surface area contributed by atoms with Crippen molar-refractivity contribution in [2.45, 2.75) is 0 Å². The first-order chi connectivity index (χ1) is 13.1. The Kier molecular flexibility index (Phi) is 6.50. The van der Waals surface area contributed by atoms with Crippen LogP contribution in [0.4, 0.5) is 4.39 Å². The molecule has 4 rings (SSSR count). The van der Waals surface area contributed by atoms with Gasteiger partial charge in [-0.05, 0) is 36.9 Å². The van der Waals surface area contributed by atoms with Gasteiger partial charge in [-0.3, -0.25) is 9.78 Å². The van der Waals surface area contributed by atoms with E-state index < -0.39 is 5.82 Å². The molecular weight excluding hydrogens is 365 g/mol. The molecule has 1 N–H and O–H groups in total. The Morgan fingerprint density at radius 2 is 1.93 bits per heavy atom. The van der Waals surface area contributed by atoms with E-state index in [1.807, 2.05) is 0 Å². The van der Waals surface area contributed by atoms with Gasteiger partial charge in [0.1, 0.15) is 12.1 Å². The summed E-state index contributed by atoms with van der Waals surface area (Å²) in [6.07, 6.45) is 2.25. The fraction of sp³-hybridized carbons (Fsp3) is 0.238. The highest BCUT2D eigenvalue weighted by molar-refractivity contribution is 6.35. The molecule has 1 saturated heterocycles. The van der Waals surface area contributed by atoms with E-state index in [-0.39, 0.29) is 0 Å². The zero-order valence-electron chi connectivity index (χ0n) is 15.1. The van der Waals surface area contributed by atoms with Crippen LogP contribution < -0.4 is 5.32 Å². The van der Waals surface area contributed by atoms with Crippen molar-refractivity contribution in [1.82, 2.24) is 15.2 Å². The molecule has 0 atom stereocenters. The lowest BCUT2D eigenvalue weighted by atomic mass is 10.0. The second kappa shape index (κ2) is 9.04. The average Bonchev–Trinajstić information content (AvgIpc) is 2.69. The molecule has 0 radical (unpaired) electrons. The summed E-state index contributed by atoms with van der Waals surface area (Å²) in [6, 6.07) is 11.5. The molecule has 0 bridgehead atoms. The molecule has 3 aromatic rings. The Bertz CT molecular complexity index is 942. The molecule has 1 aliphatic rings. The normalized spacial score (nSPS) is 14.5. The van der Waals surface area contributed by atoms with Crippen molar-refractivity contribution in [3.8, 4) is 11.1 Å². The maximum Gasteiger partial charge on any atom is 0.150 e. The monoisotopic (exact) mass is 385 g/mol. The van der Waals surface area contributed by atoms with Crippen LogP contribution in [-0.2, 0) is 0 Å². The van der Waals surface area contributed by atoms with Crippen molar-refractivity contribution in [3.63, 3.8) is 0 Å². The molecule has 1 aromatic heterocycles. The molecular formula is C21H21ClFN3O. The predicted molar refractivity (Wildman–Crippen MR) is 108 cm³/mol. The minimum atomic E-state index is -0.436. The van der Waals surface area contributed by atoms with E-state index in [1.165, 1.54) is 19.2 Å². The second-order valence-corrected chi connectivity index (χ2v) is 6.84. The van der Waals surface area contributed by atoms with Crippen LogP contribution in [0.25, 0.3) is 22.0 Å². The van der Waals surface area contributed by atoms with Gasteiger partial charge in [-0.15, -0.1) is 0 Å². The number of carbonyl (C=O) groups is 1. The topological polar surface area (TPSA) is 45.2 Å². The van der Waals surface area contributed by atoms with Crippen LogP contribution in [-0.4, -0.2) is 49.4 Å². The standard InChI is InChI=1S/C16H9ClFNO.C5H12N2/c17-14-5-6-19-16-4-2-11(8-13(14)16)12-3-1-10(9-20)7-15(12)18;1-7-4-2-6-3-5-7/h1-9H;6H,2-5H2,1H3. The van der Waals surface area contributed by atoms with Crippen molar-refractivity contribution >= 4 is 28.8 Å². The zero-order valence-corrected chi connectivity index (χ0v) is 15.8. The van der Waals surface area contributed by atoms with Gasteiger partial charge < -0.3 is 10.2 Å². The Morgan fingerprint density at radius 3 is 2.56 bits per heavy atom. The van der Waals surface area contributed by atoms with Gasteiger partial charge >= 0.3 is 0 Å². The van der Waals surface area contributed by atoms with Crippen molar-refractivity contribution in [1.29, 1.82) is 0 Å². The van der Waals surface area contributed by atoms with E-state index in [0.717, 1.165) is 24.0 Å². The number of aromatic nitrogens is 1. The van der Waals surface area contributed by atoms with Gasteiger partial charge in [0.25, 0.3) is 0 Å². The number of benzene rings is 2. The number of fused-ring (bicyclic) bond motifs is 1. The number of nitrogens with zero attached hydrogens (tertiary/aromatic N) is 2. The average molecular weight is 386 g/mol. The third kappa shape index (κ3) is 4.89. The first-order valence-corrected chi connectivity index (χ1v) is 9.15. The van der Waals surface area contributed by atoms with E-state index in [1.54, 1.807) is 42.6 Å². The number of aldehydes is 1. The molecule has 27 heavy (non-hydrogen) atoms. The summed E-state index contributed by atoms with van der Waals surface area (Å²) in [5, 5.41) is 4.61. The van der Waals surface area contributed by atoms with Crippen molar-refractivity contribution < 1.29 is 9.18 Å². The van der Waals surface area contributed by atoms with Gasteiger partial charge in [-0.2, -0.15) is 0 Å². The smallest absolute Gasteiger partial charge is 0.150 e. The molecule has 0 amide bonds. The number of hydrogen-bond acceptors (Lipinski definition) is 4. The van der Waals surface area contributed by atoms with E-state index in [9.17, 15) is 9.18 Å². The first kappa shape index (κ1) is 19.4. The van der Waals surface area contributed by atoms with E-state index in [0.29, 0.717) is 28.0 Å². The largest absolute Gasteiger partial charge is 0.314 e. The number of likely N-dealkylation sites (N-methyl/N-ethyl adjacent to an activating group) is 1. The summed E-state index contributed by atoms with van der Waals surface area (Å²) in [7, 11) is 2.15. The number of halogens is 2. The van der Waals surface area contributed by atoms with Crippen LogP contribution in [0, 0.1) is 5.82 Å². The lowest BCUT2D eigenvalue weighted by Gasteiger charge is -2.21. The fourth-order valence-corrected chi connectivity index (χ4v) is 3.10. The highest BCUT2D eigenvalue weighted by Crippen LogP contribution is 2.29. The second-order valence-electron chi connectivity index (χ2n) is 6.44. The van der Waals surface area contributed by atoms with Gasteiger partial charge in [-0.25, -0.2) is 4.39 Å². The molecule has 2 aromatic carbocycles. The first-order valence-electron chi connectivity index (χ1n) is 8.77. The van der Waals surface area contributed by atoms with Crippen molar-refractivity contribution in [3.05, 3.63) is 65.1 Å². The number of hydrogen-bond donors (Lipinski definition) is 1. The van der Waals surface area contributed by atoms with Gasteiger partial charge in [0, 0.05) is 48.9 Å². The quantitative estimate of drug-likeness (QED) is 0.676. The summed E-state index contributed by atoms with van der Waals surface area (Å²) in [5.74, 6) is -0.436. The van der Waals surface area contributed by atoms with Crippen LogP contribution in [0.5, 0.6) is 0 Å². The number of rotatable bonds is 2. The fourth-order valence-electron chi connectivity index (χ4n) is 2.90. The SMILES string of the molecule is CN1CCNCC1.O=Cc1ccc(-c2ccc3nccc(Cl)c3c2)c(F)c1. The van der Waals surface area contributed by atoms with Crippen LogP contribution in [0.1, 0.15) is 10.4 Å². The molecule has 0 spiro atoms. The summed E-state index contributed by atoms with van der Waals surface area (Å²) in [5.41, 5.74) is 2.19. The van der Waals surface area contributed by atoms with E-state index in [2.05, 4.69) is 22.2 Å². The van der Waals surface area contributed by atoms with Crippen molar-refractivity contribution in [2.24, 2.45) is 0 Å². The molecule has 6 heteroatoms. The molecule has 4 nitrogen and oxygen atoms in total. The molecule has 0 aliphatic carbocycles. The van der Waals surface area contributed by atoms with Gasteiger partial charge in [-0.1, -0.05) is 29.8 Å². The van der Waals surface area contributed by atoms with Gasteiger partial charge in [0.15, 0.2) is 0 Å². The summed E-state index contributed by atoms with van der Waals surface area (Å²) >= 11 is 6.12. The van der Waals surface area contributed by atoms with Crippen LogP contribution >= 0.6 is 11.6 Å². The Balaban J connectivity index is 0.000000253. The number of carbonyl (C=O) groups excluding carboxylic acids is 1. The maximum absolute atomic E-state index is 14.0. The lowest BCUT2D eigenvalue weighted by Crippen LogP contribution is -2.40. The van der Waals surface area contributed by atoms with Gasteiger partial charge in [0.05, 0.1) is 10.5 Å². The third-order valence-corrected chi connectivity index (χ3v) is 4.80. The van der Waals surface area contributed by atoms with Crippen molar-refractivity contribution in [2.75, 3.05) is 33.2 Å². The summed E-state index contributed by atoms with van der Waals surface area (Å²) in [4.78, 5) is 17.2. The van der Waals surface area contributed by atoms with E-state index >= 15 is 0 Å². The molecule has 140 valence electrons.